The molecule has 1 unspecified atom stereocenters. The number of fused-ring (bicyclic) bond motifs is 6. The highest BCUT2D eigenvalue weighted by Gasteiger charge is 2.32. The summed E-state index contributed by atoms with van der Waals surface area (Å²) >= 11 is 0. The number of hydrogen-bond acceptors (Lipinski definition) is 5. The van der Waals surface area contributed by atoms with Gasteiger partial charge < -0.3 is 9.73 Å². The van der Waals surface area contributed by atoms with Gasteiger partial charge in [-0.3, -0.25) is 0 Å². The van der Waals surface area contributed by atoms with Crippen molar-refractivity contribution < 1.29 is 4.42 Å². The number of pyridine rings is 1. The lowest BCUT2D eigenvalue weighted by Gasteiger charge is -2.33. The number of nitrogens with zero attached hydrogens (tertiary/aromatic N) is 3. The fourth-order valence-corrected chi connectivity index (χ4v) is 9.24. The summed E-state index contributed by atoms with van der Waals surface area (Å²) < 4.78 is 6.63. The SMILES string of the molecule is CC1(c2ccccc2)N=C(c2ccc(-c3ccccc3)cc2)N=C(c2cccc(-c3cccc(-c4ccc5c(c4)nc(-c4cccc6ccccc46)c4oc6ccccc6c45)c3)c2)N1. The van der Waals surface area contributed by atoms with Crippen LogP contribution in [0.2, 0.25) is 0 Å². The van der Waals surface area contributed by atoms with Gasteiger partial charge in [0.15, 0.2) is 17.1 Å². The highest BCUT2D eigenvalue weighted by atomic mass is 16.3. The van der Waals surface area contributed by atoms with Crippen LogP contribution in [0.3, 0.4) is 0 Å². The van der Waals surface area contributed by atoms with E-state index in [9.17, 15) is 0 Å². The molecule has 0 fully saturated rings. The number of hydrogen-bond donors (Lipinski definition) is 1. The Balaban J connectivity index is 0.931. The molecule has 12 rings (SSSR count). The van der Waals surface area contributed by atoms with Gasteiger partial charge in [0.1, 0.15) is 17.1 Å². The molecule has 1 N–H and O–H groups in total. The van der Waals surface area contributed by atoms with Crippen LogP contribution in [0.25, 0.3) is 88.3 Å². The van der Waals surface area contributed by atoms with Crippen LogP contribution in [0.15, 0.2) is 233 Å². The van der Waals surface area contributed by atoms with Gasteiger partial charge in [-0.2, -0.15) is 0 Å². The molecule has 0 aliphatic carbocycles. The van der Waals surface area contributed by atoms with E-state index in [-0.39, 0.29) is 0 Å². The molecule has 0 saturated carbocycles. The van der Waals surface area contributed by atoms with Crippen molar-refractivity contribution in [2.75, 3.05) is 0 Å². The number of rotatable bonds is 7. The van der Waals surface area contributed by atoms with Crippen molar-refractivity contribution in [1.82, 2.24) is 10.3 Å². The normalized spacial score (nSPS) is 15.0. The van der Waals surface area contributed by atoms with Gasteiger partial charge in [0.2, 0.25) is 0 Å². The Morgan fingerprint density at radius 3 is 1.80 bits per heavy atom. The molecule has 302 valence electrons. The van der Waals surface area contributed by atoms with Crippen LogP contribution in [0.1, 0.15) is 23.6 Å². The van der Waals surface area contributed by atoms with Crippen LogP contribution in [0, 0.1) is 0 Å². The number of para-hydroxylation sites is 1. The second kappa shape index (κ2) is 15.2. The lowest BCUT2D eigenvalue weighted by molar-refractivity contribution is 0.455. The van der Waals surface area contributed by atoms with Gasteiger partial charge in [0.05, 0.1) is 5.52 Å². The molecule has 64 heavy (non-hydrogen) atoms. The third kappa shape index (κ3) is 6.54. The maximum absolute atomic E-state index is 6.63. The summed E-state index contributed by atoms with van der Waals surface area (Å²) in [6, 6.07) is 76.5. The fourth-order valence-electron chi connectivity index (χ4n) is 9.24. The highest BCUT2D eigenvalue weighted by Crippen LogP contribution is 2.42. The average molecular weight is 821 g/mol. The molecule has 3 heterocycles. The largest absolute Gasteiger partial charge is 0.454 e. The predicted octanol–water partition coefficient (Wildman–Crippen LogP) is 14.6. The number of aliphatic imine (C=N–C) groups is 2. The number of nitrogens with one attached hydrogen (secondary N) is 1. The van der Waals surface area contributed by atoms with Crippen LogP contribution >= 0.6 is 0 Å². The van der Waals surface area contributed by atoms with Crippen molar-refractivity contribution in [3.05, 3.63) is 235 Å². The molecule has 0 radical (unpaired) electrons. The van der Waals surface area contributed by atoms with Gasteiger partial charge in [-0.25, -0.2) is 15.0 Å². The number of amidine groups is 2. The first-order chi connectivity index (χ1) is 31.5. The molecule has 5 heteroatoms. The standard InChI is InChI=1S/C59H40N4O/c1-59(47-23-6-3-7-24-47)62-57(41-31-29-39(30-32-41)38-15-4-2-5-16-38)61-58(63-59)46-22-13-21-44(36-46)42-19-12-20-43(35-42)45-33-34-50-52(37-45)60-55(49-27-14-18-40-17-8-9-25-48(40)49)56-54(50)51-26-10-11-28-53(51)64-56/h2-37H,1H3,(H,61,62,63). The lowest BCUT2D eigenvalue weighted by atomic mass is 9.95. The van der Waals surface area contributed by atoms with Crippen molar-refractivity contribution in [3.63, 3.8) is 0 Å². The first kappa shape index (κ1) is 37.4. The zero-order chi connectivity index (χ0) is 42.6. The van der Waals surface area contributed by atoms with Crippen LogP contribution in [-0.2, 0) is 5.66 Å². The molecule has 0 spiro atoms. The summed E-state index contributed by atoms with van der Waals surface area (Å²) in [5.41, 5.74) is 13.4. The maximum atomic E-state index is 6.63. The molecule has 0 amide bonds. The second-order valence-electron chi connectivity index (χ2n) is 16.6. The number of furan rings is 1. The molecular weight excluding hydrogens is 781 g/mol. The summed E-state index contributed by atoms with van der Waals surface area (Å²) in [5, 5.41) is 9.27. The molecule has 1 atom stereocenters. The highest BCUT2D eigenvalue weighted by molar-refractivity contribution is 6.22. The zero-order valence-electron chi connectivity index (χ0n) is 35.0. The van der Waals surface area contributed by atoms with Crippen molar-refractivity contribution in [2.24, 2.45) is 9.98 Å². The minimum Gasteiger partial charge on any atom is -0.454 e. The van der Waals surface area contributed by atoms with Gasteiger partial charge in [0.25, 0.3) is 0 Å². The molecule has 0 saturated heterocycles. The van der Waals surface area contributed by atoms with E-state index >= 15 is 0 Å². The van der Waals surface area contributed by atoms with Crippen molar-refractivity contribution >= 4 is 55.3 Å². The Hall–Kier alpha value is -8.41. The first-order valence-corrected chi connectivity index (χ1v) is 21.7. The molecule has 2 aromatic heterocycles. The van der Waals surface area contributed by atoms with Crippen LogP contribution in [0.4, 0.5) is 0 Å². The topological polar surface area (TPSA) is 62.8 Å². The van der Waals surface area contributed by atoms with E-state index in [2.05, 4.69) is 206 Å². The quantitative estimate of drug-likeness (QED) is 0.174. The Morgan fingerprint density at radius 1 is 0.453 bits per heavy atom. The Morgan fingerprint density at radius 2 is 1.02 bits per heavy atom. The molecule has 11 aromatic rings. The molecule has 1 aliphatic heterocycles. The van der Waals surface area contributed by atoms with E-state index in [4.69, 9.17) is 19.4 Å². The minimum absolute atomic E-state index is 0.682. The zero-order valence-corrected chi connectivity index (χ0v) is 35.0. The molecule has 5 nitrogen and oxygen atoms in total. The third-order valence-corrected chi connectivity index (χ3v) is 12.5. The number of aromatic nitrogens is 1. The molecule has 1 aliphatic rings. The Labute approximate surface area is 370 Å². The van der Waals surface area contributed by atoms with Gasteiger partial charge in [-0.05, 0) is 80.9 Å². The minimum atomic E-state index is -0.742. The molecular formula is C59H40N4O. The van der Waals surface area contributed by atoms with Gasteiger partial charge in [-0.15, -0.1) is 0 Å². The summed E-state index contributed by atoms with van der Waals surface area (Å²) in [6.45, 7) is 2.12. The summed E-state index contributed by atoms with van der Waals surface area (Å²) in [7, 11) is 0. The second-order valence-corrected chi connectivity index (χ2v) is 16.6. The van der Waals surface area contributed by atoms with Gasteiger partial charge in [0, 0.05) is 32.8 Å². The Kier molecular flexibility index (Phi) is 8.87. The van der Waals surface area contributed by atoms with E-state index in [1.165, 1.54) is 10.9 Å². The van der Waals surface area contributed by atoms with E-state index in [0.29, 0.717) is 5.84 Å². The predicted molar refractivity (Wildman–Crippen MR) is 265 cm³/mol. The first-order valence-electron chi connectivity index (χ1n) is 21.7. The average Bonchev–Trinajstić information content (AvgIpc) is 3.76. The van der Waals surface area contributed by atoms with E-state index < -0.39 is 5.66 Å². The Bertz CT molecular complexity index is 3640. The van der Waals surface area contributed by atoms with Crippen LogP contribution < -0.4 is 5.32 Å². The van der Waals surface area contributed by atoms with E-state index in [0.717, 1.165) is 99.8 Å². The number of benzene rings is 9. The summed E-state index contributed by atoms with van der Waals surface area (Å²) in [5.74, 6) is 1.45. The maximum Gasteiger partial charge on any atom is 0.162 e. The van der Waals surface area contributed by atoms with Crippen molar-refractivity contribution in [2.45, 2.75) is 12.6 Å². The fraction of sp³-hybridized carbons (Fsp3) is 0.0339. The van der Waals surface area contributed by atoms with Crippen molar-refractivity contribution in [3.8, 4) is 44.6 Å². The summed E-state index contributed by atoms with van der Waals surface area (Å²) in [6.07, 6.45) is 0. The van der Waals surface area contributed by atoms with Crippen LogP contribution in [0.5, 0.6) is 0 Å². The lowest BCUT2D eigenvalue weighted by Crippen LogP contribution is -2.46. The molecule has 9 aromatic carbocycles. The van der Waals surface area contributed by atoms with Gasteiger partial charge >= 0.3 is 0 Å². The van der Waals surface area contributed by atoms with Crippen LogP contribution in [-0.4, -0.2) is 16.7 Å². The third-order valence-electron chi connectivity index (χ3n) is 12.5. The monoisotopic (exact) mass is 820 g/mol. The smallest absolute Gasteiger partial charge is 0.162 e. The van der Waals surface area contributed by atoms with E-state index in [1.807, 2.05) is 24.3 Å². The van der Waals surface area contributed by atoms with Crippen molar-refractivity contribution in [1.29, 1.82) is 0 Å². The summed E-state index contributed by atoms with van der Waals surface area (Å²) in [4.78, 5) is 15.9. The molecule has 0 bridgehead atoms. The van der Waals surface area contributed by atoms with E-state index in [1.54, 1.807) is 0 Å². The van der Waals surface area contributed by atoms with Gasteiger partial charge in [-0.1, -0.05) is 194 Å².